The molecule has 1 aromatic rings. The van der Waals surface area contributed by atoms with E-state index in [1.165, 1.54) is 0 Å². The van der Waals surface area contributed by atoms with Crippen LogP contribution in [0.3, 0.4) is 0 Å². The minimum Gasteiger partial charge on any atom is -0.399 e. The second-order valence-electron chi connectivity index (χ2n) is 4.29. The molecule has 1 saturated carbocycles. The summed E-state index contributed by atoms with van der Waals surface area (Å²) in [5.41, 5.74) is 6.01. The highest BCUT2D eigenvalue weighted by molar-refractivity contribution is 5.42. The fourth-order valence-electron chi connectivity index (χ4n) is 2.45. The molecule has 15 heavy (non-hydrogen) atoms. The van der Waals surface area contributed by atoms with Gasteiger partial charge >= 0.3 is 0 Å². The Morgan fingerprint density at radius 1 is 1.07 bits per heavy atom. The lowest BCUT2D eigenvalue weighted by molar-refractivity contribution is 0.0522. The van der Waals surface area contributed by atoms with Crippen LogP contribution < -0.4 is 5.73 Å². The van der Waals surface area contributed by atoms with Crippen LogP contribution in [0.15, 0.2) is 24.3 Å². The Morgan fingerprint density at radius 3 is 2.07 bits per heavy atom. The zero-order valence-electron chi connectivity index (χ0n) is 8.55. The summed E-state index contributed by atoms with van der Waals surface area (Å²) < 4.78 is 26.3. The lowest BCUT2D eigenvalue weighted by Crippen LogP contribution is -2.31. The van der Waals surface area contributed by atoms with Crippen LogP contribution in [0.1, 0.15) is 31.2 Å². The van der Waals surface area contributed by atoms with Crippen molar-refractivity contribution in [3.8, 4) is 0 Å². The Hall–Kier alpha value is -1.12. The van der Waals surface area contributed by atoms with E-state index in [-0.39, 0.29) is 0 Å². The molecule has 0 saturated heterocycles. The first-order chi connectivity index (χ1) is 7.15. The standard InChI is InChI=1S/C12H15F2N/c13-11(14)12(7-1-2-8-12)9-3-5-10(15)6-4-9/h3-6,11H,1-2,7-8,15H2. The monoisotopic (exact) mass is 211 g/mol. The molecular formula is C12H15F2N. The fourth-order valence-corrected chi connectivity index (χ4v) is 2.45. The summed E-state index contributed by atoms with van der Waals surface area (Å²) in [5, 5.41) is 0. The van der Waals surface area contributed by atoms with Gasteiger partial charge in [0.05, 0.1) is 5.41 Å². The van der Waals surface area contributed by atoms with Crippen LogP contribution in [-0.2, 0) is 5.41 Å². The molecule has 2 N–H and O–H groups in total. The van der Waals surface area contributed by atoms with E-state index in [2.05, 4.69) is 0 Å². The average molecular weight is 211 g/mol. The number of halogens is 2. The van der Waals surface area contributed by atoms with E-state index in [0.717, 1.165) is 18.4 Å². The second-order valence-corrected chi connectivity index (χ2v) is 4.29. The molecule has 82 valence electrons. The van der Waals surface area contributed by atoms with E-state index in [9.17, 15) is 8.78 Å². The second kappa shape index (κ2) is 3.80. The average Bonchev–Trinajstić information content (AvgIpc) is 2.69. The van der Waals surface area contributed by atoms with Gasteiger partial charge in [0.2, 0.25) is 6.43 Å². The summed E-state index contributed by atoms with van der Waals surface area (Å²) in [6.45, 7) is 0. The van der Waals surface area contributed by atoms with Crippen LogP contribution in [0, 0.1) is 0 Å². The zero-order chi connectivity index (χ0) is 10.9. The molecule has 1 nitrogen and oxygen atoms in total. The first kappa shape index (κ1) is 10.4. The maximum Gasteiger partial charge on any atom is 0.248 e. The molecule has 0 aliphatic heterocycles. The van der Waals surface area contributed by atoms with Crippen LogP contribution in [-0.4, -0.2) is 6.43 Å². The normalized spacial score (nSPS) is 19.7. The van der Waals surface area contributed by atoms with Crippen molar-refractivity contribution in [3.05, 3.63) is 29.8 Å². The van der Waals surface area contributed by atoms with Gasteiger partial charge in [0.15, 0.2) is 0 Å². The summed E-state index contributed by atoms with van der Waals surface area (Å²) in [5.74, 6) is 0. The Labute approximate surface area is 88.3 Å². The Bertz CT molecular complexity index is 326. The zero-order valence-corrected chi connectivity index (χ0v) is 8.55. The third-order valence-corrected chi connectivity index (χ3v) is 3.40. The van der Waals surface area contributed by atoms with Gasteiger partial charge in [-0.15, -0.1) is 0 Å². The van der Waals surface area contributed by atoms with Gasteiger partial charge in [0, 0.05) is 5.69 Å². The van der Waals surface area contributed by atoms with Crippen molar-refractivity contribution in [1.29, 1.82) is 0 Å². The molecule has 0 bridgehead atoms. The Kier molecular flexibility index (Phi) is 2.63. The number of benzene rings is 1. The quantitative estimate of drug-likeness (QED) is 0.746. The van der Waals surface area contributed by atoms with Crippen LogP contribution >= 0.6 is 0 Å². The minimum absolute atomic E-state index is 0.592. The van der Waals surface area contributed by atoms with E-state index in [1.807, 2.05) is 0 Å². The lowest BCUT2D eigenvalue weighted by Gasteiger charge is -2.28. The summed E-state index contributed by atoms with van der Waals surface area (Å²) >= 11 is 0. The molecule has 1 aliphatic rings. The van der Waals surface area contributed by atoms with Crippen molar-refractivity contribution in [2.24, 2.45) is 0 Å². The van der Waals surface area contributed by atoms with Gasteiger partial charge in [0.25, 0.3) is 0 Å². The molecule has 0 aromatic heterocycles. The molecule has 1 fully saturated rings. The van der Waals surface area contributed by atoms with Gasteiger partial charge in [-0.05, 0) is 30.5 Å². The van der Waals surface area contributed by atoms with Crippen molar-refractivity contribution in [2.45, 2.75) is 37.5 Å². The molecule has 0 heterocycles. The number of nitrogens with two attached hydrogens (primary N) is 1. The summed E-state index contributed by atoms with van der Waals surface area (Å²) in [6.07, 6.45) is 0.704. The van der Waals surface area contributed by atoms with Gasteiger partial charge in [-0.25, -0.2) is 8.78 Å². The molecular weight excluding hydrogens is 196 g/mol. The van der Waals surface area contributed by atoms with Crippen LogP contribution in [0.4, 0.5) is 14.5 Å². The topological polar surface area (TPSA) is 26.0 Å². The van der Waals surface area contributed by atoms with Crippen molar-refractivity contribution in [2.75, 3.05) is 5.73 Å². The predicted molar refractivity (Wildman–Crippen MR) is 57.0 cm³/mol. The molecule has 0 spiro atoms. The van der Waals surface area contributed by atoms with Crippen LogP contribution in [0.25, 0.3) is 0 Å². The van der Waals surface area contributed by atoms with Gasteiger partial charge in [-0.2, -0.15) is 0 Å². The molecule has 0 atom stereocenters. The van der Waals surface area contributed by atoms with Crippen molar-refractivity contribution >= 4 is 5.69 Å². The number of nitrogen functional groups attached to an aromatic ring is 1. The third-order valence-electron chi connectivity index (χ3n) is 3.40. The van der Waals surface area contributed by atoms with Gasteiger partial charge < -0.3 is 5.73 Å². The van der Waals surface area contributed by atoms with Gasteiger partial charge in [-0.3, -0.25) is 0 Å². The fraction of sp³-hybridized carbons (Fsp3) is 0.500. The Balaban J connectivity index is 2.36. The number of hydrogen-bond acceptors (Lipinski definition) is 1. The van der Waals surface area contributed by atoms with E-state index in [0.29, 0.717) is 18.5 Å². The number of alkyl halides is 2. The summed E-state index contributed by atoms with van der Waals surface area (Å²) in [6, 6.07) is 6.90. The van der Waals surface area contributed by atoms with Crippen LogP contribution in [0.2, 0.25) is 0 Å². The number of anilines is 1. The summed E-state index contributed by atoms with van der Waals surface area (Å²) in [4.78, 5) is 0. The van der Waals surface area contributed by atoms with E-state index in [4.69, 9.17) is 5.73 Å². The molecule has 1 aliphatic carbocycles. The van der Waals surface area contributed by atoms with E-state index < -0.39 is 11.8 Å². The highest BCUT2D eigenvalue weighted by atomic mass is 19.3. The largest absolute Gasteiger partial charge is 0.399 e. The minimum atomic E-state index is -2.27. The highest BCUT2D eigenvalue weighted by Crippen LogP contribution is 2.45. The Morgan fingerprint density at radius 2 is 1.60 bits per heavy atom. The maximum absolute atomic E-state index is 13.2. The van der Waals surface area contributed by atoms with E-state index in [1.54, 1.807) is 24.3 Å². The lowest BCUT2D eigenvalue weighted by atomic mass is 9.79. The first-order valence-electron chi connectivity index (χ1n) is 5.29. The highest BCUT2D eigenvalue weighted by Gasteiger charge is 2.43. The van der Waals surface area contributed by atoms with Gasteiger partial charge in [-0.1, -0.05) is 25.0 Å². The van der Waals surface area contributed by atoms with Crippen molar-refractivity contribution < 1.29 is 8.78 Å². The van der Waals surface area contributed by atoms with Gasteiger partial charge in [0.1, 0.15) is 0 Å². The first-order valence-corrected chi connectivity index (χ1v) is 5.29. The molecule has 2 rings (SSSR count). The van der Waals surface area contributed by atoms with Crippen LogP contribution in [0.5, 0.6) is 0 Å². The number of rotatable bonds is 2. The molecule has 0 unspecified atom stereocenters. The van der Waals surface area contributed by atoms with Crippen molar-refractivity contribution in [1.82, 2.24) is 0 Å². The molecule has 0 radical (unpaired) electrons. The predicted octanol–water partition coefficient (Wildman–Crippen LogP) is 3.35. The number of hydrogen-bond donors (Lipinski definition) is 1. The third kappa shape index (κ3) is 1.71. The molecule has 0 amide bonds. The molecule has 1 aromatic carbocycles. The summed E-state index contributed by atoms with van der Waals surface area (Å²) in [7, 11) is 0. The van der Waals surface area contributed by atoms with E-state index >= 15 is 0 Å². The smallest absolute Gasteiger partial charge is 0.248 e. The maximum atomic E-state index is 13.2. The van der Waals surface area contributed by atoms with Crippen molar-refractivity contribution in [3.63, 3.8) is 0 Å². The SMILES string of the molecule is Nc1ccc(C2(C(F)F)CCCC2)cc1. The molecule has 3 heteroatoms.